The topological polar surface area (TPSA) is 25.8 Å². The Hall–Kier alpha value is -1.70. The van der Waals surface area contributed by atoms with Gasteiger partial charge in [0.1, 0.15) is 0 Å². The summed E-state index contributed by atoms with van der Waals surface area (Å²) < 4.78 is 0. The fourth-order valence-electron chi connectivity index (χ4n) is 3.08. The summed E-state index contributed by atoms with van der Waals surface area (Å²) >= 11 is 0. The summed E-state index contributed by atoms with van der Waals surface area (Å²) in [6.45, 7) is 17.6. The highest BCUT2D eigenvalue weighted by Gasteiger charge is 2.28. The van der Waals surface area contributed by atoms with Gasteiger partial charge in [-0.25, -0.2) is 0 Å². The number of hydrogen-bond donors (Lipinski definition) is 0. The van der Waals surface area contributed by atoms with Crippen LogP contribution >= 0.6 is 0 Å². The summed E-state index contributed by atoms with van der Waals surface area (Å²) in [4.78, 5) is 9.19. The van der Waals surface area contributed by atoms with Crippen molar-refractivity contribution in [2.75, 3.05) is 0 Å². The second kappa shape index (κ2) is 5.49. The standard InChI is InChI=1S/C20H28N2/c1-13-9-18(22-12-16(13)19(4,5)6)20(7,8)17-11-21-10-14(2)15(17)3/h9-12H,1-8H3. The molecule has 2 aromatic heterocycles. The van der Waals surface area contributed by atoms with Crippen molar-refractivity contribution in [2.24, 2.45) is 0 Å². The lowest BCUT2D eigenvalue weighted by Gasteiger charge is -2.29. The number of nitrogens with zero attached hydrogens (tertiary/aromatic N) is 2. The van der Waals surface area contributed by atoms with E-state index >= 15 is 0 Å². The van der Waals surface area contributed by atoms with E-state index in [0.717, 1.165) is 5.69 Å². The molecule has 0 N–H and O–H groups in total. The molecule has 0 atom stereocenters. The highest BCUT2D eigenvalue weighted by Crippen LogP contribution is 2.35. The quantitative estimate of drug-likeness (QED) is 0.777. The molecule has 0 aliphatic heterocycles. The molecule has 2 heterocycles. The van der Waals surface area contributed by atoms with Crippen LogP contribution in [0.3, 0.4) is 0 Å². The summed E-state index contributed by atoms with van der Waals surface area (Å²) in [6, 6.07) is 2.24. The van der Waals surface area contributed by atoms with Gasteiger partial charge in [-0.3, -0.25) is 9.97 Å². The molecule has 0 aliphatic carbocycles. The highest BCUT2D eigenvalue weighted by molar-refractivity contribution is 5.42. The molecule has 22 heavy (non-hydrogen) atoms. The predicted molar refractivity (Wildman–Crippen MR) is 93.5 cm³/mol. The largest absolute Gasteiger partial charge is 0.264 e. The van der Waals surface area contributed by atoms with Gasteiger partial charge in [0, 0.05) is 24.0 Å². The third kappa shape index (κ3) is 2.92. The van der Waals surface area contributed by atoms with Crippen molar-refractivity contribution in [3.63, 3.8) is 0 Å². The van der Waals surface area contributed by atoms with E-state index in [9.17, 15) is 0 Å². The molecule has 0 radical (unpaired) electrons. The Morgan fingerprint density at radius 1 is 0.773 bits per heavy atom. The van der Waals surface area contributed by atoms with Gasteiger partial charge >= 0.3 is 0 Å². The van der Waals surface area contributed by atoms with Crippen LogP contribution in [0.5, 0.6) is 0 Å². The summed E-state index contributed by atoms with van der Waals surface area (Å²) in [5.74, 6) is 0. The molecule has 0 amide bonds. The SMILES string of the molecule is Cc1cc(C(C)(C)c2cncc(C)c2C)ncc1C(C)(C)C. The van der Waals surface area contributed by atoms with Gasteiger partial charge in [-0.15, -0.1) is 0 Å². The first-order chi connectivity index (χ1) is 10.0. The zero-order valence-electron chi connectivity index (χ0n) is 15.2. The first kappa shape index (κ1) is 16.7. The van der Waals surface area contributed by atoms with E-state index in [1.165, 1.54) is 27.8 Å². The average molecular weight is 296 g/mol. The van der Waals surface area contributed by atoms with Crippen molar-refractivity contribution in [3.05, 3.63) is 58.2 Å². The minimum absolute atomic E-state index is 0.126. The summed E-state index contributed by atoms with van der Waals surface area (Å²) in [5, 5.41) is 0. The number of aryl methyl sites for hydroxylation is 2. The Balaban J connectivity index is 2.55. The van der Waals surface area contributed by atoms with E-state index < -0.39 is 0 Å². The van der Waals surface area contributed by atoms with Gasteiger partial charge < -0.3 is 0 Å². The number of aromatic nitrogens is 2. The Kier molecular flexibility index (Phi) is 4.16. The number of rotatable bonds is 2. The second-order valence-corrected chi connectivity index (χ2v) is 7.89. The van der Waals surface area contributed by atoms with E-state index in [-0.39, 0.29) is 10.8 Å². The van der Waals surface area contributed by atoms with E-state index in [1.54, 1.807) is 0 Å². The van der Waals surface area contributed by atoms with E-state index in [2.05, 4.69) is 66.4 Å². The Bertz CT molecular complexity index is 691. The van der Waals surface area contributed by atoms with Crippen LogP contribution in [-0.4, -0.2) is 9.97 Å². The summed E-state index contributed by atoms with van der Waals surface area (Å²) in [5.41, 5.74) is 7.49. The number of hydrogen-bond acceptors (Lipinski definition) is 2. The fourth-order valence-corrected chi connectivity index (χ4v) is 3.08. The zero-order valence-corrected chi connectivity index (χ0v) is 15.2. The van der Waals surface area contributed by atoms with Gasteiger partial charge in [0.25, 0.3) is 0 Å². The molecule has 0 saturated heterocycles. The lowest BCUT2D eigenvalue weighted by atomic mass is 9.77. The van der Waals surface area contributed by atoms with Gasteiger partial charge in [-0.05, 0) is 60.1 Å². The van der Waals surface area contributed by atoms with Gasteiger partial charge in [-0.2, -0.15) is 0 Å². The summed E-state index contributed by atoms with van der Waals surface area (Å²) in [6.07, 6.45) is 5.96. The van der Waals surface area contributed by atoms with Crippen molar-refractivity contribution in [1.82, 2.24) is 9.97 Å². The van der Waals surface area contributed by atoms with E-state index in [0.29, 0.717) is 0 Å². The van der Waals surface area contributed by atoms with Crippen LogP contribution in [0.2, 0.25) is 0 Å². The molecule has 0 spiro atoms. The lowest BCUT2D eigenvalue weighted by molar-refractivity contribution is 0.571. The first-order valence-electron chi connectivity index (χ1n) is 7.94. The maximum absolute atomic E-state index is 4.80. The van der Waals surface area contributed by atoms with Crippen LogP contribution in [-0.2, 0) is 10.8 Å². The van der Waals surface area contributed by atoms with E-state index in [1.807, 2.05) is 18.6 Å². The van der Waals surface area contributed by atoms with Crippen LogP contribution < -0.4 is 0 Å². The van der Waals surface area contributed by atoms with Crippen LogP contribution in [0.15, 0.2) is 24.7 Å². The molecular formula is C20H28N2. The molecule has 2 aromatic rings. The van der Waals surface area contributed by atoms with Crippen molar-refractivity contribution < 1.29 is 0 Å². The molecular weight excluding hydrogens is 268 g/mol. The van der Waals surface area contributed by atoms with Gasteiger partial charge in [0.15, 0.2) is 0 Å². The Labute approximate surface area is 135 Å². The molecule has 2 rings (SSSR count). The minimum atomic E-state index is -0.149. The van der Waals surface area contributed by atoms with Gasteiger partial charge in [-0.1, -0.05) is 34.6 Å². The fraction of sp³-hybridized carbons (Fsp3) is 0.500. The van der Waals surface area contributed by atoms with Crippen molar-refractivity contribution in [2.45, 2.75) is 66.2 Å². The molecule has 0 fully saturated rings. The monoisotopic (exact) mass is 296 g/mol. The maximum atomic E-state index is 4.80. The molecule has 0 bridgehead atoms. The molecule has 0 aliphatic rings. The number of pyridine rings is 2. The maximum Gasteiger partial charge on any atom is 0.0507 e. The van der Waals surface area contributed by atoms with E-state index in [4.69, 9.17) is 4.98 Å². The molecule has 0 saturated carbocycles. The lowest BCUT2D eigenvalue weighted by Crippen LogP contribution is -2.24. The molecule has 2 nitrogen and oxygen atoms in total. The van der Waals surface area contributed by atoms with Crippen molar-refractivity contribution in [1.29, 1.82) is 0 Å². The van der Waals surface area contributed by atoms with Crippen molar-refractivity contribution >= 4 is 0 Å². The highest BCUT2D eigenvalue weighted by atomic mass is 14.7. The van der Waals surface area contributed by atoms with Crippen LogP contribution in [0.25, 0.3) is 0 Å². The smallest absolute Gasteiger partial charge is 0.0507 e. The Morgan fingerprint density at radius 2 is 1.41 bits per heavy atom. The van der Waals surface area contributed by atoms with Gasteiger partial charge in [0.05, 0.1) is 5.69 Å². The molecule has 0 aromatic carbocycles. The second-order valence-electron chi connectivity index (χ2n) is 7.89. The third-order valence-corrected chi connectivity index (χ3v) is 4.70. The van der Waals surface area contributed by atoms with Crippen LogP contribution in [0.4, 0.5) is 0 Å². The van der Waals surface area contributed by atoms with Crippen LogP contribution in [0.1, 0.15) is 68.1 Å². The van der Waals surface area contributed by atoms with Crippen LogP contribution in [0, 0.1) is 20.8 Å². The summed E-state index contributed by atoms with van der Waals surface area (Å²) in [7, 11) is 0. The normalized spacial score (nSPS) is 12.5. The van der Waals surface area contributed by atoms with Crippen molar-refractivity contribution in [3.8, 4) is 0 Å². The predicted octanol–water partition coefficient (Wildman–Crippen LogP) is 5.03. The minimum Gasteiger partial charge on any atom is -0.264 e. The average Bonchev–Trinajstić information content (AvgIpc) is 2.40. The van der Waals surface area contributed by atoms with Gasteiger partial charge in [0.2, 0.25) is 0 Å². The zero-order chi connectivity index (χ0) is 16.7. The Morgan fingerprint density at radius 3 is 1.95 bits per heavy atom. The molecule has 0 unspecified atom stereocenters. The third-order valence-electron chi connectivity index (χ3n) is 4.70. The molecule has 2 heteroatoms. The first-order valence-corrected chi connectivity index (χ1v) is 7.94. The molecule has 118 valence electrons.